The van der Waals surface area contributed by atoms with Gasteiger partial charge in [0.2, 0.25) is 0 Å². The number of hydrogen-bond acceptors (Lipinski definition) is 2. The molecule has 0 aliphatic rings. The van der Waals surface area contributed by atoms with Gasteiger partial charge < -0.3 is 10.8 Å². The van der Waals surface area contributed by atoms with Crippen LogP contribution in [-0.2, 0) is 5.54 Å². The molecule has 0 aliphatic carbocycles. The summed E-state index contributed by atoms with van der Waals surface area (Å²) in [6.07, 6.45) is -8.94. The maximum atomic E-state index is 13.6. The van der Waals surface area contributed by atoms with Crippen molar-refractivity contribution in [2.45, 2.75) is 24.2 Å². The minimum absolute atomic E-state index is 0.341. The fraction of sp³-hybridized carbons (Fsp3) is 0.455. The van der Waals surface area contributed by atoms with Gasteiger partial charge in [-0.05, 0) is 18.2 Å². The Morgan fingerprint density at radius 3 is 2.37 bits per heavy atom. The molecule has 0 aliphatic heterocycles. The van der Waals surface area contributed by atoms with Gasteiger partial charge in [-0.1, -0.05) is 15.9 Å². The highest BCUT2D eigenvalue weighted by molar-refractivity contribution is 9.10. The van der Waals surface area contributed by atoms with Gasteiger partial charge in [0, 0.05) is 16.5 Å². The first-order valence-electron chi connectivity index (χ1n) is 5.15. The molecule has 2 unspecified atom stereocenters. The smallest absolute Gasteiger partial charge is 0.384 e. The summed E-state index contributed by atoms with van der Waals surface area (Å²) in [7, 11) is 0. The van der Waals surface area contributed by atoms with Crippen LogP contribution in [-0.4, -0.2) is 24.1 Å². The molecular weight excluding hydrogens is 337 g/mol. The molecule has 0 heterocycles. The number of hydrogen-bond donors (Lipinski definition) is 2. The third-order valence-corrected chi connectivity index (χ3v) is 3.13. The van der Waals surface area contributed by atoms with Crippen molar-refractivity contribution in [2.24, 2.45) is 5.73 Å². The highest BCUT2D eigenvalue weighted by Gasteiger charge is 2.44. The Morgan fingerprint density at radius 2 is 1.89 bits per heavy atom. The van der Waals surface area contributed by atoms with Gasteiger partial charge >= 0.3 is 6.18 Å². The molecule has 0 amide bonds. The van der Waals surface area contributed by atoms with Gasteiger partial charge in [0.15, 0.2) is 6.10 Å². The summed E-state index contributed by atoms with van der Waals surface area (Å²) in [4.78, 5) is 0. The van der Waals surface area contributed by atoms with E-state index in [4.69, 9.17) is 10.8 Å². The molecule has 0 spiro atoms. The zero-order valence-electron chi connectivity index (χ0n) is 9.52. The second-order valence-electron chi connectivity index (χ2n) is 4.18. The first-order chi connectivity index (χ1) is 8.60. The van der Waals surface area contributed by atoms with Crippen molar-refractivity contribution in [3.63, 3.8) is 0 Å². The second kappa shape index (κ2) is 5.72. The number of aliphatic hydroxyl groups excluding tert-OH is 1. The Labute approximate surface area is 114 Å². The van der Waals surface area contributed by atoms with Crippen molar-refractivity contribution in [1.29, 1.82) is 0 Å². The third-order valence-electron chi connectivity index (χ3n) is 2.64. The minimum atomic E-state index is -4.94. The van der Waals surface area contributed by atoms with Gasteiger partial charge in [-0.2, -0.15) is 13.2 Å². The lowest BCUT2D eigenvalue weighted by Gasteiger charge is -2.30. The molecule has 0 aromatic heterocycles. The third kappa shape index (κ3) is 3.87. The highest BCUT2D eigenvalue weighted by Crippen LogP contribution is 2.33. The number of alkyl halides is 4. The molecule has 1 aromatic rings. The SMILES string of the molecule is NC(CF)(CC(O)C(F)(F)F)c1cc(Br)ccc1F. The molecule has 8 heteroatoms. The Morgan fingerprint density at radius 1 is 1.32 bits per heavy atom. The number of rotatable bonds is 4. The summed E-state index contributed by atoms with van der Waals surface area (Å²) < 4.78 is 63.8. The second-order valence-corrected chi connectivity index (χ2v) is 5.09. The Balaban J connectivity index is 3.13. The van der Waals surface area contributed by atoms with Gasteiger partial charge in [0.25, 0.3) is 0 Å². The van der Waals surface area contributed by atoms with E-state index < -0.39 is 42.3 Å². The number of benzene rings is 1. The van der Waals surface area contributed by atoms with Crippen molar-refractivity contribution >= 4 is 15.9 Å². The van der Waals surface area contributed by atoms with E-state index in [-0.39, 0.29) is 0 Å². The average Bonchev–Trinajstić information content (AvgIpc) is 2.30. The lowest BCUT2D eigenvalue weighted by atomic mass is 9.86. The summed E-state index contributed by atoms with van der Waals surface area (Å²) in [5.41, 5.74) is 2.82. The first kappa shape index (κ1) is 16.3. The van der Waals surface area contributed by atoms with Gasteiger partial charge in [0.05, 0.1) is 5.54 Å². The van der Waals surface area contributed by atoms with Crippen LogP contribution in [0.3, 0.4) is 0 Å². The molecule has 19 heavy (non-hydrogen) atoms. The summed E-state index contributed by atoms with van der Waals surface area (Å²) in [6, 6.07) is 3.35. The predicted molar refractivity (Wildman–Crippen MR) is 62.6 cm³/mol. The van der Waals surface area contributed by atoms with Crippen LogP contribution in [0.15, 0.2) is 22.7 Å². The van der Waals surface area contributed by atoms with Crippen LogP contribution in [0, 0.1) is 5.82 Å². The zero-order chi connectivity index (χ0) is 14.8. The first-order valence-corrected chi connectivity index (χ1v) is 5.94. The Kier molecular flexibility index (Phi) is 4.91. The number of aliphatic hydroxyl groups is 1. The molecular formula is C11H11BrF5NO. The average molecular weight is 348 g/mol. The van der Waals surface area contributed by atoms with E-state index in [0.29, 0.717) is 4.47 Å². The number of nitrogens with two attached hydrogens (primary N) is 1. The standard InChI is InChI=1S/C11H11BrF5NO/c12-6-1-2-8(14)7(3-6)10(18,5-13)4-9(19)11(15,16)17/h1-3,9,19H,4-5,18H2. The largest absolute Gasteiger partial charge is 0.414 e. The molecule has 0 radical (unpaired) electrons. The fourth-order valence-corrected chi connectivity index (χ4v) is 1.94. The molecule has 108 valence electrons. The van der Waals surface area contributed by atoms with E-state index in [1.54, 1.807) is 0 Å². The summed E-state index contributed by atoms with van der Waals surface area (Å²) in [6.45, 7) is -1.44. The van der Waals surface area contributed by atoms with E-state index in [0.717, 1.165) is 12.1 Å². The zero-order valence-corrected chi connectivity index (χ0v) is 11.1. The van der Waals surface area contributed by atoms with Gasteiger partial charge in [0.1, 0.15) is 12.5 Å². The van der Waals surface area contributed by atoms with Crippen LogP contribution in [0.25, 0.3) is 0 Å². The van der Waals surface area contributed by atoms with Gasteiger partial charge in [-0.15, -0.1) is 0 Å². The number of halogens is 6. The molecule has 2 atom stereocenters. The molecule has 1 rings (SSSR count). The lowest BCUT2D eigenvalue weighted by Crippen LogP contribution is -2.46. The van der Waals surface area contributed by atoms with Crippen molar-refractivity contribution in [3.05, 3.63) is 34.1 Å². The minimum Gasteiger partial charge on any atom is -0.384 e. The van der Waals surface area contributed by atoms with Crippen LogP contribution in [0.5, 0.6) is 0 Å². The lowest BCUT2D eigenvalue weighted by molar-refractivity contribution is -0.210. The molecule has 0 saturated carbocycles. The van der Waals surface area contributed by atoms with Gasteiger partial charge in [-0.25, -0.2) is 8.78 Å². The molecule has 0 saturated heterocycles. The van der Waals surface area contributed by atoms with Gasteiger partial charge in [-0.3, -0.25) is 0 Å². The van der Waals surface area contributed by atoms with Crippen LogP contribution in [0.2, 0.25) is 0 Å². The van der Waals surface area contributed by atoms with Crippen molar-refractivity contribution in [1.82, 2.24) is 0 Å². The monoisotopic (exact) mass is 347 g/mol. The molecule has 3 N–H and O–H groups in total. The summed E-state index contributed by atoms with van der Waals surface area (Å²) >= 11 is 2.99. The molecule has 2 nitrogen and oxygen atoms in total. The fourth-order valence-electron chi connectivity index (χ4n) is 1.58. The summed E-state index contributed by atoms with van der Waals surface area (Å²) in [5, 5.41) is 8.97. The topological polar surface area (TPSA) is 46.2 Å². The maximum Gasteiger partial charge on any atom is 0.414 e. The van der Waals surface area contributed by atoms with Crippen LogP contribution >= 0.6 is 15.9 Å². The maximum absolute atomic E-state index is 13.6. The Hall–Kier alpha value is -0.730. The quantitative estimate of drug-likeness (QED) is 0.822. The predicted octanol–water partition coefficient (Wildman–Crippen LogP) is 3.03. The highest BCUT2D eigenvalue weighted by atomic mass is 79.9. The van der Waals surface area contributed by atoms with Crippen molar-refractivity contribution in [3.8, 4) is 0 Å². The summed E-state index contributed by atoms with van der Waals surface area (Å²) in [5.74, 6) is -0.933. The van der Waals surface area contributed by atoms with Crippen LogP contribution < -0.4 is 5.73 Å². The van der Waals surface area contributed by atoms with Crippen molar-refractivity contribution < 1.29 is 27.1 Å². The molecule has 1 aromatic carbocycles. The van der Waals surface area contributed by atoms with Crippen molar-refractivity contribution in [2.75, 3.05) is 6.67 Å². The van der Waals surface area contributed by atoms with E-state index in [1.807, 2.05) is 0 Å². The van der Waals surface area contributed by atoms with Crippen LogP contribution in [0.1, 0.15) is 12.0 Å². The Bertz CT molecular complexity index is 453. The molecule has 0 fully saturated rings. The van der Waals surface area contributed by atoms with E-state index >= 15 is 0 Å². The normalized spacial score (nSPS) is 17.1. The van der Waals surface area contributed by atoms with E-state index in [9.17, 15) is 22.0 Å². The van der Waals surface area contributed by atoms with E-state index in [2.05, 4.69) is 15.9 Å². The molecule has 0 bridgehead atoms. The van der Waals surface area contributed by atoms with E-state index in [1.165, 1.54) is 6.07 Å². The van der Waals surface area contributed by atoms with Crippen LogP contribution in [0.4, 0.5) is 22.0 Å².